The Morgan fingerprint density at radius 1 is 1.29 bits per heavy atom. The summed E-state index contributed by atoms with van der Waals surface area (Å²) in [5.41, 5.74) is 2.93. The molecule has 126 valence electrons. The van der Waals surface area contributed by atoms with Crippen molar-refractivity contribution in [3.05, 3.63) is 47.0 Å². The van der Waals surface area contributed by atoms with Gasteiger partial charge in [-0.1, -0.05) is 0 Å². The summed E-state index contributed by atoms with van der Waals surface area (Å²) in [6.45, 7) is 3.32. The van der Waals surface area contributed by atoms with Crippen LogP contribution in [0.2, 0.25) is 0 Å². The minimum atomic E-state index is -0.978. The van der Waals surface area contributed by atoms with Crippen LogP contribution in [-0.4, -0.2) is 51.8 Å². The highest BCUT2D eigenvalue weighted by atomic mass is 19.1. The molecule has 1 aromatic carbocycles. The predicted molar refractivity (Wildman–Crippen MR) is 86.7 cm³/mol. The van der Waals surface area contributed by atoms with E-state index >= 15 is 0 Å². The molecule has 1 atom stereocenters. The van der Waals surface area contributed by atoms with Gasteiger partial charge in [0.1, 0.15) is 5.82 Å². The second kappa shape index (κ2) is 5.90. The maximum atomic E-state index is 13.1. The highest BCUT2D eigenvalue weighted by Gasteiger charge is 2.32. The number of benzene rings is 1. The highest BCUT2D eigenvalue weighted by Crippen LogP contribution is 2.28. The monoisotopic (exact) mass is 330 g/mol. The lowest BCUT2D eigenvalue weighted by Gasteiger charge is -2.32. The van der Waals surface area contributed by atoms with Crippen molar-refractivity contribution in [3.8, 4) is 0 Å². The molecule has 4 rings (SSSR count). The fourth-order valence-corrected chi connectivity index (χ4v) is 3.73. The third-order valence-corrected chi connectivity index (χ3v) is 5.04. The highest BCUT2D eigenvalue weighted by molar-refractivity contribution is 5.87. The van der Waals surface area contributed by atoms with E-state index in [4.69, 9.17) is 0 Å². The lowest BCUT2D eigenvalue weighted by molar-refractivity contribution is 0.0686. The molecule has 2 aliphatic rings. The molecular weight excluding hydrogens is 311 g/mol. The molecule has 1 unspecified atom stereocenters. The van der Waals surface area contributed by atoms with Crippen molar-refractivity contribution in [2.24, 2.45) is 0 Å². The van der Waals surface area contributed by atoms with Gasteiger partial charge in [0.15, 0.2) is 5.69 Å². The van der Waals surface area contributed by atoms with Crippen LogP contribution in [0.4, 0.5) is 10.1 Å². The number of aromatic amines is 1. The molecule has 0 saturated carbocycles. The molecule has 2 aliphatic heterocycles. The normalized spacial score (nSPS) is 21.0. The zero-order valence-electron chi connectivity index (χ0n) is 13.2. The van der Waals surface area contributed by atoms with E-state index in [1.165, 1.54) is 12.1 Å². The average molecular weight is 330 g/mol. The molecular formula is C17H19FN4O2. The number of halogens is 1. The predicted octanol–water partition coefficient (Wildman–Crippen LogP) is 1.88. The Morgan fingerprint density at radius 2 is 2.08 bits per heavy atom. The third kappa shape index (κ3) is 2.65. The van der Waals surface area contributed by atoms with Gasteiger partial charge >= 0.3 is 5.97 Å². The molecule has 0 spiro atoms. The molecule has 0 bridgehead atoms. The van der Waals surface area contributed by atoms with Crippen molar-refractivity contribution in [2.45, 2.75) is 25.4 Å². The summed E-state index contributed by atoms with van der Waals surface area (Å²) in [6, 6.07) is 6.97. The molecule has 2 N–H and O–H groups in total. The van der Waals surface area contributed by atoms with Gasteiger partial charge in [-0.05, 0) is 30.7 Å². The van der Waals surface area contributed by atoms with Gasteiger partial charge in [0.05, 0.1) is 0 Å². The maximum absolute atomic E-state index is 13.1. The summed E-state index contributed by atoms with van der Waals surface area (Å²) in [4.78, 5) is 15.9. The van der Waals surface area contributed by atoms with Crippen LogP contribution >= 0.6 is 0 Å². The molecule has 1 fully saturated rings. The Bertz CT molecular complexity index is 758. The molecule has 0 aliphatic carbocycles. The molecule has 0 amide bonds. The maximum Gasteiger partial charge on any atom is 0.356 e. The van der Waals surface area contributed by atoms with Gasteiger partial charge in [-0.15, -0.1) is 0 Å². The molecule has 24 heavy (non-hydrogen) atoms. The summed E-state index contributed by atoms with van der Waals surface area (Å²) < 4.78 is 13.1. The van der Waals surface area contributed by atoms with Crippen LogP contribution in [-0.2, 0) is 13.0 Å². The number of anilines is 1. The lowest BCUT2D eigenvalue weighted by atomic mass is 10.0. The number of aromatic carboxylic acids is 1. The first-order valence-electron chi connectivity index (χ1n) is 8.16. The number of carboxylic acid groups (broad SMARTS) is 1. The smallest absolute Gasteiger partial charge is 0.356 e. The number of aromatic nitrogens is 2. The average Bonchev–Trinajstić information content (AvgIpc) is 3.22. The Morgan fingerprint density at radius 3 is 2.83 bits per heavy atom. The Balaban J connectivity index is 1.47. The summed E-state index contributed by atoms with van der Waals surface area (Å²) in [5, 5.41) is 16.0. The van der Waals surface area contributed by atoms with E-state index in [-0.39, 0.29) is 11.5 Å². The lowest BCUT2D eigenvalue weighted by Crippen LogP contribution is -2.41. The van der Waals surface area contributed by atoms with Gasteiger partial charge in [0.2, 0.25) is 0 Å². The summed E-state index contributed by atoms with van der Waals surface area (Å²) >= 11 is 0. The summed E-state index contributed by atoms with van der Waals surface area (Å²) in [5.74, 6) is -1.20. The molecule has 3 heterocycles. The second-order valence-corrected chi connectivity index (χ2v) is 6.42. The topological polar surface area (TPSA) is 72.5 Å². The van der Waals surface area contributed by atoms with Gasteiger partial charge in [-0.3, -0.25) is 10.00 Å². The fraction of sp³-hybridized carbons (Fsp3) is 0.412. The van der Waals surface area contributed by atoms with E-state index in [0.717, 1.165) is 49.4 Å². The zero-order valence-corrected chi connectivity index (χ0v) is 13.2. The van der Waals surface area contributed by atoms with Crippen LogP contribution in [0.1, 0.15) is 28.2 Å². The zero-order chi connectivity index (χ0) is 16.7. The number of fused-ring (bicyclic) bond motifs is 1. The minimum absolute atomic E-state index is 0.142. The first-order chi connectivity index (χ1) is 11.6. The number of nitrogens with one attached hydrogen (secondary N) is 1. The quantitative estimate of drug-likeness (QED) is 0.899. The number of hydrogen-bond donors (Lipinski definition) is 2. The number of H-pyrrole nitrogens is 1. The van der Waals surface area contributed by atoms with E-state index < -0.39 is 5.97 Å². The Labute approximate surface area is 138 Å². The first-order valence-corrected chi connectivity index (χ1v) is 8.16. The largest absolute Gasteiger partial charge is 0.476 e. The van der Waals surface area contributed by atoms with Crippen LogP contribution in [0.15, 0.2) is 24.3 Å². The van der Waals surface area contributed by atoms with Crippen molar-refractivity contribution in [3.63, 3.8) is 0 Å². The third-order valence-electron chi connectivity index (χ3n) is 5.04. The number of hydrogen-bond acceptors (Lipinski definition) is 4. The first kappa shape index (κ1) is 15.1. The van der Waals surface area contributed by atoms with Gasteiger partial charge < -0.3 is 10.0 Å². The van der Waals surface area contributed by atoms with Crippen LogP contribution in [0.25, 0.3) is 0 Å². The molecule has 7 heteroatoms. The van der Waals surface area contributed by atoms with Gasteiger partial charge in [-0.25, -0.2) is 9.18 Å². The SMILES string of the molecule is O=C(O)c1n[nH]c2c1CN(C1CCN(c3ccc(F)cc3)C1)CC2. The minimum Gasteiger partial charge on any atom is -0.476 e. The number of nitrogens with zero attached hydrogens (tertiary/aromatic N) is 3. The van der Waals surface area contributed by atoms with Crippen molar-refractivity contribution >= 4 is 11.7 Å². The molecule has 6 nitrogen and oxygen atoms in total. The van der Waals surface area contributed by atoms with E-state index in [1.54, 1.807) is 0 Å². The van der Waals surface area contributed by atoms with Gasteiger partial charge in [0, 0.05) is 55.6 Å². The summed E-state index contributed by atoms with van der Waals surface area (Å²) in [6.07, 6.45) is 1.82. The van der Waals surface area contributed by atoms with Crippen LogP contribution in [0.3, 0.4) is 0 Å². The van der Waals surface area contributed by atoms with Crippen LogP contribution in [0.5, 0.6) is 0 Å². The van der Waals surface area contributed by atoms with E-state index in [0.29, 0.717) is 12.6 Å². The number of rotatable bonds is 3. The molecule has 2 aromatic rings. The van der Waals surface area contributed by atoms with Gasteiger partial charge in [0.25, 0.3) is 0 Å². The molecule has 0 radical (unpaired) electrons. The fourth-order valence-electron chi connectivity index (χ4n) is 3.73. The summed E-state index contributed by atoms with van der Waals surface area (Å²) in [7, 11) is 0. The second-order valence-electron chi connectivity index (χ2n) is 6.42. The standard InChI is InChI=1S/C17H19FN4O2/c18-11-1-3-12(4-2-11)21-7-5-13(9-21)22-8-6-15-14(10-22)16(17(23)24)20-19-15/h1-4,13H,5-10H2,(H,19,20)(H,23,24). The molecule has 1 aromatic heterocycles. The van der Waals surface area contributed by atoms with Crippen molar-refractivity contribution in [2.75, 3.05) is 24.5 Å². The van der Waals surface area contributed by atoms with E-state index in [1.807, 2.05) is 12.1 Å². The van der Waals surface area contributed by atoms with E-state index in [9.17, 15) is 14.3 Å². The van der Waals surface area contributed by atoms with Gasteiger partial charge in [-0.2, -0.15) is 5.10 Å². The Hall–Kier alpha value is -2.41. The van der Waals surface area contributed by atoms with Crippen molar-refractivity contribution < 1.29 is 14.3 Å². The number of carboxylic acids is 1. The van der Waals surface area contributed by atoms with E-state index in [2.05, 4.69) is 20.0 Å². The van der Waals surface area contributed by atoms with Crippen molar-refractivity contribution in [1.29, 1.82) is 0 Å². The van der Waals surface area contributed by atoms with Crippen LogP contribution in [0, 0.1) is 5.82 Å². The van der Waals surface area contributed by atoms with Crippen LogP contribution < -0.4 is 4.90 Å². The van der Waals surface area contributed by atoms with Crippen molar-refractivity contribution in [1.82, 2.24) is 15.1 Å². The Kier molecular flexibility index (Phi) is 3.72. The molecule has 1 saturated heterocycles. The number of carbonyl (C=O) groups is 1.